The summed E-state index contributed by atoms with van der Waals surface area (Å²) >= 11 is 0. The SMILES string of the molecule is COC1Nc2ccccc2N1CCN1CCN(C2=CC(C(F)(F)F)CCC2)CC1. The molecule has 2 unspecified atom stereocenters. The first-order valence-corrected chi connectivity index (χ1v) is 10.4. The molecule has 3 aliphatic rings. The van der Waals surface area contributed by atoms with Crippen LogP contribution in [0, 0.1) is 5.92 Å². The molecule has 0 amide bonds. The van der Waals surface area contributed by atoms with Crippen molar-refractivity contribution in [1.82, 2.24) is 9.80 Å². The van der Waals surface area contributed by atoms with Crippen molar-refractivity contribution in [3.05, 3.63) is 36.0 Å². The number of alkyl halides is 3. The second kappa shape index (κ2) is 8.44. The fourth-order valence-electron chi connectivity index (χ4n) is 4.54. The summed E-state index contributed by atoms with van der Waals surface area (Å²) < 4.78 is 44.8. The molecule has 1 aromatic rings. The van der Waals surface area contributed by atoms with Gasteiger partial charge in [0.15, 0.2) is 0 Å². The summed E-state index contributed by atoms with van der Waals surface area (Å²) in [5, 5.41) is 3.37. The summed E-state index contributed by atoms with van der Waals surface area (Å²) in [7, 11) is 1.70. The van der Waals surface area contributed by atoms with Crippen molar-refractivity contribution in [1.29, 1.82) is 0 Å². The number of rotatable bonds is 5. The number of anilines is 2. The average molecular weight is 410 g/mol. The quantitative estimate of drug-likeness (QED) is 0.800. The highest BCUT2D eigenvalue weighted by atomic mass is 19.4. The molecule has 160 valence electrons. The minimum absolute atomic E-state index is 0.166. The van der Waals surface area contributed by atoms with Crippen LogP contribution in [0.4, 0.5) is 24.5 Å². The summed E-state index contributed by atoms with van der Waals surface area (Å²) in [6.45, 7) is 5.05. The van der Waals surface area contributed by atoms with Crippen molar-refractivity contribution in [2.75, 3.05) is 56.6 Å². The van der Waals surface area contributed by atoms with E-state index in [-0.39, 0.29) is 12.8 Å². The van der Waals surface area contributed by atoms with Gasteiger partial charge in [-0.1, -0.05) is 18.2 Å². The summed E-state index contributed by atoms with van der Waals surface area (Å²) in [6.07, 6.45) is -1.21. The van der Waals surface area contributed by atoms with Gasteiger partial charge in [-0.2, -0.15) is 13.2 Å². The first kappa shape index (κ1) is 20.3. The molecule has 0 spiro atoms. The number of nitrogens with zero attached hydrogens (tertiary/aromatic N) is 3. The third-order valence-electron chi connectivity index (χ3n) is 6.20. The molecule has 1 saturated heterocycles. The normalized spacial score (nSPS) is 25.6. The first-order chi connectivity index (χ1) is 14.0. The Bertz CT molecular complexity index is 731. The molecular formula is C21H29F3N4O. The Labute approximate surface area is 170 Å². The van der Waals surface area contributed by atoms with Gasteiger partial charge in [0, 0.05) is 52.1 Å². The Morgan fingerprint density at radius 2 is 1.86 bits per heavy atom. The summed E-state index contributed by atoms with van der Waals surface area (Å²) in [4.78, 5) is 6.76. The molecular weight excluding hydrogens is 381 g/mol. The fraction of sp³-hybridized carbons (Fsp3) is 0.619. The van der Waals surface area contributed by atoms with Gasteiger partial charge in [-0.25, -0.2) is 0 Å². The van der Waals surface area contributed by atoms with Crippen LogP contribution >= 0.6 is 0 Å². The third-order valence-corrected chi connectivity index (χ3v) is 6.20. The number of para-hydroxylation sites is 2. The zero-order chi connectivity index (χ0) is 20.4. The van der Waals surface area contributed by atoms with E-state index in [0.29, 0.717) is 6.42 Å². The van der Waals surface area contributed by atoms with Gasteiger partial charge in [0.05, 0.1) is 17.3 Å². The Morgan fingerprint density at radius 1 is 1.10 bits per heavy atom. The van der Waals surface area contributed by atoms with Crippen LogP contribution in [0.2, 0.25) is 0 Å². The molecule has 8 heteroatoms. The second-order valence-corrected chi connectivity index (χ2v) is 7.97. The van der Waals surface area contributed by atoms with E-state index in [0.717, 1.165) is 62.8 Å². The van der Waals surface area contributed by atoms with E-state index in [9.17, 15) is 13.2 Å². The maximum Gasteiger partial charge on any atom is 0.395 e. The van der Waals surface area contributed by atoms with Crippen molar-refractivity contribution >= 4 is 11.4 Å². The first-order valence-electron chi connectivity index (χ1n) is 10.4. The number of methoxy groups -OCH3 is 1. The largest absolute Gasteiger partial charge is 0.395 e. The molecule has 5 nitrogen and oxygen atoms in total. The average Bonchev–Trinajstić information content (AvgIpc) is 3.10. The monoisotopic (exact) mass is 410 g/mol. The fourth-order valence-corrected chi connectivity index (χ4v) is 4.54. The number of nitrogens with one attached hydrogen (secondary N) is 1. The number of fused-ring (bicyclic) bond motifs is 1. The standard InChI is InChI=1S/C21H29F3N4O/c1-29-20-25-18-7-2-3-8-19(18)28(20)14-11-26-9-12-27(13-10-26)17-6-4-5-16(15-17)21(22,23)24/h2-3,7-8,15-16,20,25H,4-6,9-14H2,1H3. The van der Waals surface area contributed by atoms with Crippen molar-refractivity contribution in [2.24, 2.45) is 5.92 Å². The Balaban J connectivity index is 1.30. The van der Waals surface area contributed by atoms with E-state index in [4.69, 9.17) is 4.74 Å². The number of benzene rings is 1. The molecule has 0 radical (unpaired) electrons. The van der Waals surface area contributed by atoms with E-state index >= 15 is 0 Å². The lowest BCUT2D eigenvalue weighted by Gasteiger charge is -2.40. The number of piperazine rings is 1. The number of hydrogen-bond donors (Lipinski definition) is 1. The summed E-state index contributed by atoms with van der Waals surface area (Å²) in [6, 6.07) is 8.17. The second-order valence-electron chi connectivity index (χ2n) is 7.97. The van der Waals surface area contributed by atoms with Crippen molar-refractivity contribution in [3.8, 4) is 0 Å². The van der Waals surface area contributed by atoms with Crippen LogP contribution in [0.1, 0.15) is 19.3 Å². The van der Waals surface area contributed by atoms with Crippen LogP contribution in [-0.4, -0.2) is 68.7 Å². The highest BCUT2D eigenvalue weighted by Gasteiger charge is 2.40. The smallest absolute Gasteiger partial charge is 0.372 e. The molecule has 2 atom stereocenters. The topological polar surface area (TPSA) is 31.0 Å². The Hall–Kier alpha value is -1.93. The molecule has 0 aromatic heterocycles. The van der Waals surface area contributed by atoms with Crippen LogP contribution in [-0.2, 0) is 4.74 Å². The lowest BCUT2D eigenvalue weighted by molar-refractivity contribution is -0.164. The van der Waals surface area contributed by atoms with Gasteiger partial charge in [-0.05, 0) is 31.4 Å². The highest BCUT2D eigenvalue weighted by Crippen LogP contribution is 2.37. The Kier molecular flexibility index (Phi) is 5.92. The van der Waals surface area contributed by atoms with Crippen molar-refractivity contribution in [3.63, 3.8) is 0 Å². The lowest BCUT2D eigenvalue weighted by atomic mass is 9.92. The van der Waals surface area contributed by atoms with E-state index in [2.05, 4.69) is 26.1 Å². The predicted molar refractivity (Wildman–Crippen MR) is 108 cm³/mol. The molecule has 29 heavy (non-hydrogen) atoms. The molecule has 0 saturated carbocycles. The van der Waals surface area contributed by atoms with Gasteiger partial charge in [-0.3, -0.25) is 4.90 Å². The van der Waals surface area contributed by atoms with E-state index in [1.165, 1.54) is 6.08 Å². The molecule has 1 aliphatic carbocycles. The molecule has 2 heterocycles. The number of hydrogen-bond acceptors (Lipinski definition) is 5. The van der Waals surface area contributed by atoms with Crippen molar-refractivity contribution in [2.45, 2.75) is 31.8 Å². The van der Waals surface area contributed by atoms with Gasteiger partial charge < -0.3 is 19.9 Å². The van der Waals surface area contributed by atoms with Crippen LogP contribution in [0.15, 0.2) is 36.0 Å². The third kappa shape index (κ3) is 4.48. The van der Waals surface area contributed by atoms with Gasteiger partial charge in [0.2, 0.25) is 6.35 Å². The zero-order valence-corrected chi connectivity index (χ0v) is 16.8. The molecule has 1 fully saturated rings. The number of ether oxygens (including phenoxy) is 1. The van der Waals surface area contributed by atoms with Gasteiger partial charge >= 0.3 is 6.18 Å². The summed E-state index contributed by atoms with van der Waals surface area (Å²) in [5.41, 5.74) is 3.10. The summed E-state index contributed by atoms with van der Waals surface area (Å²) in [5.74, 6) is -1.28. The van der Waals surface area contributed by atoms with Gasteiger partial charge in [0.1, 0.15) is 0 Å². The lowest BCUT2D eigenvalue weighted by Crippen LogP contribution is -2.49. The highest BCUT2D eigenvalue weighted by molar-refractivity contribution is 5.75. The molecule has 1 aromatic carbocycles. The van der Waals surface area contributed by atoms with Gasteiger partial charge in [0.25, 0.3) is 0 Å². The molecule has 4 rings (SSSR count). The van der Waals surface area contributed by atoms with Crippen LogP contribution < -0.4 is 10.2 Å². The van der Waals surface area contributed by atoms with Crippen LogP contribution in [0.25, 0.3) is 0 Å². The zero-order valence-electron chi connectivity index (χ0n) is 16.8. The van der Waals surface area contributed by atoms with E-state index in [1.807, 2.05) is 18.2 Å². The number of allylic oxidation sites excluding steroid dienone is 2. The molecule has 0 bridgehead atoms. The maximum absolute atomic E-state index is 13.1. The predicted octanol–water partition coefficient (Wildman–Crippen LogP) is 3.71. The van der Waals surface area contributed by atoms with Crippen LogP contribution in [0.5, 0.6) is 0 Å². The molecule has 1 N–H and O–H groups in total. The Morgan fingerprint density at radius 3 is 2.59 bits per heavy atom. The maximum atomic E-state index is 13.1. The van der Waals surface area contributed by atoms with Crippen molar-refractivity contribution < 1.29 is 17.9 Å². The van der Waals surface area contributed by atoms with Gasteiger partial charge in [-0.15, -0.1) is 0 Å². The molecule has 2 aliphatic heterocycles. The van der Waals surface area contributed by atoms with E-state index in [1.54, 1.807) is 7.11 Å². The minimum Gasteiger partial charge on any atom is -0.372 e. The van der Waals surface area contributed by atoms with Crippen LogP contribution in [0.3, 0.4) is 0 Å². The van der Waals surface area contributed by atoms with E-state index < -0.39 is 12.1 Å². The number of halogens is 3. The minimum atomic E-state index is -4.12.